The molecule has 1 heterocycles. The van der Waals surface area contributed by atoms with Gasteiger partial charge < -0.3 is 10.6 Å². The van der Waals surface area contributed by atoms with Crippen molar-refractivity contribution in [2.75, 3.05) is 19.6 Å². The summed E-state index contributed by atoms with van der Waals surface area (Å²) in [6, 6.07) is 10.4. The molecule has 1 atom stereocenters. The van der Waals surface area contributed by atoms with Crippen molar-refractivity contribution in [2.45, 2.75) is 32.6 Å². The molecule has 3 heteroatoms. The number of rotatable bonds is 5. The summed E-state index contributed by atoms with van der Waals surface area (Å²) in [5.74, 6) is 1.87. The highest BCUT2D eigenvalue weighted by atomic mass is 32.1. The van der Waals surface area contributed by atoms with Gasteiger partial charge in [0.1, 0.15) is 0 Å². The lowest BCUT2D eigenvalue weighted by Crippen LogP contribution is -2.40. The molecule has 0 bridgehead atoms. The van der Waals surface area contributed by atoms with Crippen LogP contribution in [0.5, 0.6) is 0 Å². The van der Waals surface area contributed by atoms with Gasteiger partial charge in [0, 0.05) is 12.5 Å². The summed E-state index contributed by atoms with van der Waals surface area (Å²) in [4.78, 5) is 3.14. The van der Waals surface area contributed by atoms with Crippen molar-refractivity contribution >= 4 is 17.2 Å². The van der Waals surface area contributed by atoms with Crippen molar-refractivity contribution < 1.29 is 0 Å². The standard InChI is InChI=1S/C17H26N2S/c1-13(2)14-8-10-19(11-9-14)12-16(17(18)20)15-6-4-3-5-7-15/h3-7,13-14,16H,8-12H2,1-2H3,(H2,18,20). The van der Waals surface area contributed by atoms with E-state index in [4.69, 9.17) is 18.0 Å². The maximum atomic E-state index is 5.97. The molecule has 2 N–H and O–H groups in total. The maximum Gasteiger partial charge on any atom is 0.0816 e. The molecule has 110 valence electrons. The largest absolute Gasteiger partial charge is 0.393 e. The second kappa shape index (κ2) is 7.19. The van der Waals surface area contributed by atoms with Gasteiger partial charge in [0.05, 0.1) is 4.99 Å². The number of hydrogen-bond acceptors (Lipinski definition) is 2. The zero-order valence-electron chi connectivity index (χ0n) is 12.6. The number of hydrogen-bond donors (Lipinski definition) is 1. The molecule has 0 aliphatic carbocycles. The Labute approximate surface area is 128 Å². The van der Waals surface area contributed by atoms with Crippen molar-refractivity contribution in [1.29, 1.82) is 0 Å². The summed E-state index contributed by atoms with van der Waals surface area (Å²) in [5, 5.41) is 0. The molecule has 0 saturated carbocycles. The van der Waals surface area contributed by atoms with Gasteiger partial charge in [-0.15, -0.1) is 0 Å². The van der Waals surface area contributed by atoms with Gasteiger partial charge in [0.25, 0.3) is 0 Å². The van der Waals surface area contributed by atoms with Crippen molar-refractivity contribution in [2.24, 2.45) is 17.6 Å². The van der Waals surface area contributed by atoms with Gasteiger partial charge in [0.15, 0.2) is 0 Å². The molecular formula is C17H26N2S. The fourth-order valence-electron chi connectivity index (χ4n) is 3.11. The highest BCUT2D eigenvalue weighted by molar-refractivity contribution is 7.80. The van der Waals surface area contributed by atoms with E-state index in [1.54, 1.807) is 0 Å². The molecule has 1 aromatic carbocycles. The summed E-state index contributed by atoms with van der Waals surface area (Å²) in [5.41, 5.74) is 7.21. The van der Waals surface area contributed by atoms with E-state index in [1.165, 1.54) is 31.5 Å². The predicted molar refractivity (Wildman–Crippen MR) is 90.0 cm³/mol. The average molecular weight is 290 g/mol. The summed E-state index contributed by atoms with van der Waals surface area (Å²) in [6.07, 6.45) is 2.60. The second-order valence-electron chi connectivity index (χ2n) is 6.25. The monoisotopic (exact) mass is 290 g/mol. The van der Waals surface area contributed by atoms with Crippen molar-refractivity contribution in [3.05, 3.63) is 35.9 Å². The average Bonchev–Trinajstić information content (AvgIpc) is 2.46. The zero-order chi connectivity index (χ0) is 14.5. The fraction of sp³-hybridized carbons (Fsp3) is 0.588. The highest BCUT2D eigenvalue weighted by Crippen LogP contribution is 2.26. The molecule has 1 saturated heterocycles. The SMILES string of the molecule is CC(C)C1CCN(CC(C(N)=S)c2ccccc2)CC1. The molecule has 0 aromatic heterocycles. The number of nitrogens with two attached hydrogens (primary N) is 1. The third-order valence-corrected chi connectivity index (χ3v) is 4.85. The van der Waals surface area contributed by atoms with E-state index in [1.807, 2.05) is 6.07 Å². The lowest BCUT2D eigenvalue weighted by molar-refractivity contribution is 0.157. The molecule has 0 radical (unpaired) electrons. The van der Waals surface area contributed by atoms with Crippen LogP contribution in [0, 0.1) is 11.8 Å². The van der Waals surface area contributed by atoms with Crippen LogP contribution in [0.2, 0.25) is 0 Å². The van der Waals surface area contributed by atoms with Crippen LogP contribution < -0.4 is 5.73 Å². The van der Waals surface area contributed by atoms with E-state index < -0.39 is 0 Å². The Bertz CT molecular complexity index is 422. The number of thiocarbonyl (C=S) groups is 1. The molecule has 2 nitrogen and oxygen atoms in total. The lowest BCUT2D eigenvalue weighted by atomic mass is 9.86. The molecule has 1 fully saturated rings. The van der Waals surface area contributed by atoms with Crippen LogP contribution in [0.1, 0.15) is 38.2 Å². The molecule has 2 rings (SSSR count). The Hall–Kier alpha value is -0.930. The number of benzene rings is 1. The minimum atomic E-state index is 0.182. The van der Waals surface area contributed by atoms with Crippen LogP contribution in [-0.2, 0) is 0 Å². The van der Waals surface area contributed by atoms with E-state index in [0.717, 1.165) is 18.4 Å². The first-order valence-corrected chi connectivity index (χ1v) is 8.05. The van der Waals surface area contributed by atoms with E-state index in [9.17, 15) is 0 Å². The van der Waals surface area contributed by atoms with Crippen LogP contribution in [0.15, 0.2) is 30.3 Å². The van der Waals surface area contributed by atoms with Crippen molar-refractivity contribution in [1.82, 2.24) is 4.90 Å². The summed E-state index contributed by atoms with van der Waals surface area (Å²) in [6.45, 7) is 7.98. The molecule has 20 heavy (non-hydrogen) atoms. The first kappa shape index (κ1) is 15.5. The summed E-state index contributed by atoms with van der Waals surface area (Å²) in [7, 11) is 0. The quantitative estimate of drug-likeness (QED) is 0.843. The van der Waals surface area contributed by atoms with Gasteiger partial charge in [-0.2, -0.15) is 0 Å². The predicted octanol–water partition coefficient (Wildman–Crippen LogP) is 3.42. The third-order valence-electron chi connectivity index (χ3n) is 4.56. The van der Waals surface area contributed by atoms with Gasteiger partial charge in [0.2, 0.25) is 0 Å². The van der Waals surface area contributed by atoms with Crippen LogP contribution >= 0.6 is 12.2 Å². The highest BCUT2D eigenvalue weighted by Gasteiger charge is 2.24. The Morgan fingerprint density at radius 1 is 1.25 bits per heavy atom. The first-order chi connectivity index (χ1) is 9.58. The lowest BCUT2D eigenvalue weighted by Gasteiger charge is -2.35. The van der Waals surface area contributed by atoms with Crippen LogP contribution in [0.25, 0.3) is 0 Å². The molecule has 1 unspecified atom stereocenters. The third kappa shape index (κ3) is 4.03. The fourth-order valence-corrected chi connectivity index (χ4v) is 3.32. The number of nitrogens with zero attached hydrogens (tertiary/aromatic N) is 1. The Kier molecular flexibility index (Phi) is 5.55. The first-order valence-electron chi connectivity index (χ1n) is 7.64. The van der Waals surface area contributed by atoms with E-state index in [0.29, 0.717) is 4.99 Å². The molecule has 1 aliphatic rings. The van der Waals surface area contributed by atoms with Gasteiger partial charge in [-0.05, 0) is 43.3 Å². The Balaban J connectivity index is 1.95. The Morgan fingerprint density at radius 3 is 2.35 bits per heavy atom. The van der Waals surface area contributed by atoms with Crippen LogP contribution in [0.4, 0.5) is 0 Å². The topological polar surface area (TPSA) is 29.3 Å². The Morgan fingerprint density at radius 2 is 1.85 bits per heavy atom. The maximum absolute atomic E-state index is 5.97. The molecular weight excluding hydrogens is 264 g/mol. The van der Waals surface area contributed by atoms with E-state index in [2.05, 4.69) is 43.0 Å². The normalized spacial score (nSPS) is 19.1. The van der Waals surface area contributed by atoms with Crippen LogP contribution in [-0.4, -0.2) is 29.5 Å². The smallest absolute Gasteiger partial charge is 0.0816 e. The number of likely N-dealkylation sites (tertiary alicyclic amines) is 1. The molecule has 1 aliphatic heterocycles. The van der Waals surface area contributed by atoms with Crippen molar-refractivity contribution in [3.8, 4) is 0 Å². The zero-order valence-corrected chi connectivity index (χ0v) is 13.4. The molecule has 1 aromatic rings. The van der Waals surface area contributed by atoms with E-state index in [-0.39, 0.29) is 5.92 Å². The molecule has 0 spiro atoms. The summed E-state index contributed by atoms with van der Waals surface area (Å²) < 4.78 is 0. The number of piperidine rings is 1. The van der Waals surface area contributed by atoms with Gasteiger partial charge in [-0.25, -0.2) is 0 Å². The van der Waals surface area contributed by atoms with Gasteiger partial charge in [-0.1, -0.05) is 56.4 Å². The van der Waals surface area contributed by atoms with Gasteiger partial charge in [-0.3, -0.25) is 0 Å². The van der Waals surface area contributed by atoms with Crippen LogP contribution in [0.3, 0.4) is 0 Å². The van der Waals surface area contributed by atoms with Crippen molar-refractivity contribution in [3.63, 3.8) is 0 Å². The van der Waals surface area contributed by atoms with Gasteiger partial charge >= 0.3 is 0 Å². The minimum Gasteiger partial charge on any atom is -0.393 e. The minimum absolute atomic E-state index is 0.182. The second-order valence-corrected chi connectivity index (χ2v) is 6.72. The summed E-state index contributed by atoms with van der Waals surface area (Å²) >= 11 is 5.28. The van der Waals surface area contributed by atoms with E-state index >= 15 is 0 Å². The molecule has 0 amide bonds.